The predicted molar refractivity (Wildman–Crippen MR) is 134 cm³/mol. The van der Waals surface area contributed by atoms with Gasteiger partial charge >= 0.3 is 6.09 Å². The zero-order valence-electron chi connectivity index (χ0n) is 19.1. The largest absolute Gasteiger partial charge is 0.493 e. The first-order valence-electron chi connectivity index (χ1n) is 10.1. The summed E-state index contributed by atoms with van der Waals surface area (Å²) in [7, 11) is 3.33. The number of guanidine groups is 1. The molecular formula is C21H34ClIN4O4. The lowest BCUT2D eigenvalue weighted by molar-refractivity contribution is 0.0507. The van der Waals surface area contributed by atoms with E-state index in [1.807, 2.05) is 39.8 Å². The molecule has 2 N–H and O–H groups in total. The molecule has 1 aromatic carbocycles. The van der Waals surface area contributed by atoms with E-state index in [1.165, 1.54) is 0 Å². The zero-order valence-corrected chi connectivity index (χ0v) is 22.2. The molecule has 1 aromatic rings. The molecule has 0 spiro atoms. The van der Waals surface area contributed by atoms with Crippen LogP contribution >= 0.6 is 35.6 Å². The minimum atomic E-state index is -0.514. The smallest absolute Gasteiger partial charge is 0.407 e. The molecular weight excluding hydrogens is 535 g/mol. The molecule has 0 saturated carbocycles. The lowest BCUT2D eigenvalue weighted by Gasteiger charge is -2.23. The number of nitrogens with zero attached hydrogens (tertiary/aromatic N) is 2. The zero-order chi connectivity index (χ0) is 22.3. The van der Waals surface area contributed by atoms with E-state index < -0.39 is 11.7 Å². The SMILES string of the molecule is CCOc1c(Cl)cc(CNC(=NC)N2CCC(NC(=O)OC(C)(C)C)C2)cc1OC.I. The minimum absolute atomic E-state index is 0. The Balaban J connectivity index is 0.00000480. The third kappa shape index (κ3) is 8.44. The summed E-state index contributed by atoms with van der Waals surface area (Å²) in [6, 6.07) is 3.76. The molecule has 0 bridgehead atoms. The standard InChI is InChI=1S/C21H33ClN4O4.HI/c1-7-29-18-16(22)10-14(11-17(18)28-6)12-24-19(23-5)26-9-8-15(13-26)25-20(27)30-21(2,3)4;/h10-11,15H,7-9,12-13H2,1-6H3,(H,23,24)(H,25,27);1H. The van der Waals surface area contributed by atoms with E-state index in [1.54, 1.807) is 14.2 Å². The average molecular weight is 569 g/mol. The van der Waals surface area contributed by atoms with Gasteiger partial charge in [0.2, 0.25) is 0 Å². The second-order valence-electron chi connectivity index (χ2n) is 8.02. The summed E-state index contributed by atoms with van der Waals surface area (Å²) in [6.45, 7) is 9.92. The third-order valence-corrected chi connectivity index (χ3v) is 4.73. The molecule has 1 fully saturated rings. The second-order valence-corrected chi connectivity index (χ2v) is 8.43. The molecule has 0 radical (unpaired) electrons. The van der Waals surface area contributed by atoms with Crippen molar-refractivity contribution >= 4 is 47.6 Å². The van der Waals surface area contributed by atoms with Gasteiger partial charge < -0.3 is 29.7 Å². The number of carbonyl (C=O) groups excluding carboxylic acids is 1. The van der Waals surface area contributed by atoms with Crippen LogP contribution in [0.2, 0.25) is 5.02 Å². The van der Waals surface area contributed by atoms with Crippen LogP contribution < -0.4 is 20.1 Å². The highest BCUT2D eigenvalue weighted by Crippen LogP contribution is 2.36. The molecule has 1 unspecified atom stereocenters. The van der Waals surface area contributed by atoms with Gasteiger partial charge in [0.15, 0.2) is 17.5 Å². The van der Waals surface area contributed by atoms with Crippen LogP contribution in [0.3, 0.4) is 0 Å². The average Bonchev–Trinajstić information content (AvgIpc) is 3.10. The fourth-order valence-electron chi connectivity index (χ4n) is 3.22. The number of hydrogen-bond donors (Lipinski definition) is 2. The molecule has 1 aliphatic rings. The highest BCUT2D eigenvalue weighted by Gasteiger charge is 2.27. The first kappa shape index (κ1) is 27.4. The van der Waals surface area contributed by atoms with Gasteiger partial charge in [0.25, 0.3) is 0 Å². The number of alkyl carbamates (subject to hydrolysis) is 1. The van der Waals surface area contributed by atoms with Crippen LogP contribution in [-0.2, 0) is 11.3 Å². The highest BCUT2D eigenvalue weighted by atomic mass is 127. The molecule has 1 heterocycles. The van der Waals surface area contributed by atoms with E-state index in [-0.39, 0.29) is 30.0 Å². The maximum absolute atomic E-state index is 12.0. The van der Waals surface area contributed by atoms with E-state index >= 15 is 0 Å². The number of nitrogens with one attached hydrogen (secondary N) is 2. The van der Waals surface area contributed by atoms with Crippen molar-refractivity contribution in [2.24, 2.45) is 4.99 Å². The van der Waals surface area contributed by atoms with Crippen LogP contribution in [0.4, 0.5) is 4.79 Å². The maximum Gasteiger partial charge on any atom is 0.407 e. The number of carbonyl (C=O) groups is 1. The summed E-state index contributed by atoms with van der Waals surface area (Å²) >= 11 is 6.36. The van der Waals surface area contributed by atoms with Crippen LogP contribution in [-0.4, -0.2) is 62.4 Å². The van der Waals surface area contributed by atoms with E-state index in [2.05, 4.69) is 20.5 Å². The Kier molecular flexibility index (Phi) is 11.0. The predicted octanol–water partition coefficient (Wildman–Crippen LogP) is 4.04. The molecule has 2 rings (SSSR count). The fraction of sp³-hybridized carbons (Fsp3) is 0.619. The van der Waals surface area contributed by atoms with E-state index in [0.717, 1.165) is 24.5 Å². The Morgan fingerprint density at radius 1 is 1.35 bits per heavy atom. The molecule has 8 nitrogen and oxygen atoms in total. The van der Waals surface area contributed by atoms with Gasteiger partial charge in [-0.1, -0.05) is 11.6 Å². The molecule has 1 aliphatic heterocycles. The molecule has 1 amide bonds. The van der Waals surface area contributed by atoms with Crippen LogP contribution in [0, 0.1) is 0 Å². The molecule has 1 atom stereocenters. The van der Waals surface area contributed by atoms with Crippen LogP contribution in [0.15, 0.2) is 17.1 Å². The number of benzene rings is 1. The summed E-state index contributed by atoms with van der Waals surface area (Å²) < 4.78 is 16.3. The lowest BCUT2D eigenvalue weighted by atomic mass is 10.2. The van der Waals surface area contributed by atoms with Crippen molar-refractivity contribution in [2.45, 2.75) is 52.3 Å². The van der Waals surface area contributed by atoms with Gasteiger partial charge in [-0.15, -0.1) is 24.0 Å². The Hall–Kier alpha value is -1.62. The maximum atomic E-state index is 12.0. The summed E-state index contributed by atoms with van der Waals surface area (Å²) in [5.41, 5.74) is 0.434. The topological polar surface area (TPSA) is 84.4 Å². The van der Waals surface area contributed by atoms with E-state index in [4.69, 9.17) is 25.8 Å². The lowest BCUT2D eigenvalue weighted by Crippen LogP contribution is -2.44. The van der Waals surface area contributed by atoms with Crippen LogP contribution in [0.1, 0.15) is 39.7 Å². The summed E-state index contributed by atoms with van der Waals surface area (Å²) in [5.74, 6) is 1.90. The molecule has 1 saturated heterocycles. The van der Waals surface area contributed by atoms with Gasteiger partial charge in [-0.2, -0.15) is 0 Å². The number of aliphatic imine (C=N–C) groups is 1. The normalized spacial score (nSPS) is 16.4. The fourth-order valence-corrected chi connectivity index (χ4v) is 3.51. The summed E-state index contributed by atoms with van der Waals surface area (Å²) in [6.07, 6.45) is 0.427. The Morgan fingerprint density at radius 3 is 2.65 bits per heavy atom. The molecule has 31 heavy (non-hydrogen) atoms. The number of methoxy groups -OCH3 is 1. The van der Waals surface area contributed by atoms with Gasteiger partial charge in [-0.05, 0) is 51.8 Å². The number of likely N-dealkylation sites (tertiary alicyclic amines) is 1. The summed E-state index contributed by atoms with van der Waals surface area (Å²) in [5, 5.41) is 6.78. The van der Waals surface area contributed by atoms with Gasteiger partial charge in [0.1, 0.15) is 5.60 Å². The van der Waals surface area contributed by atoms with Gasteiger partial charge in [0, 0.05) is 26.7 Å². The number of rotatable bonds is 6. The molecule has 0 aliphatic carbocycles. The van der Waals surface area contributed by atoms with Crippen molar-refractivity contribution in [1.29, 1.82) is 0 Å². The van der Waals surface area contributed by atoms with Crippen molar-refractivity contribution in [2.75, 3.05) is 33.9 Å². The molecule has 10 heteroatoms. The second kappa shape index (κ2) is 12.4. The van der Waals surface area contributed by atoms with Crippen molar-refractivity contribution < 1.29 is 19.0 Å². The minimum Gasteiger partial charge on any atom is -0.493 e. The van der Waals surface area contributed by atoms with Gasteiger partial charge in [-0.3, -0.25) is 4.99 Å². The van der Waals surface area contributed by atoms with Crippen LogP contribution in [0.25, 0.3) is 0 Å². The first-order chi connectivity index (χ1) is 14.2. The van der Waals surface area contributed by atoms with E-state index in [0.29, 0.717) is 36.2 Å². The third-order valence-electron chi connectivity index (χ3n) is 4.45. The molecule has 0 aromatic heterocycles. The quantitative estimate of drug-likeness (QED) is 0.306. The van der Waals surface area contributed by atoms with E-state index in [9.17, 15) is 4.79 Å². The first-order valence-corrected chi connectivity index (χ1v) is 10.5. The summed E-state index contributed by atoms with van der Waals surface area (Å²) in [4.78, 5) is 18.5. The Labute approximate surface area is 207 Å². The molecule has 176 valence electrons. The van der Waals surface area contributed by atoms with Crippen LogP contribution in [0.5, 0.6) is 11.5 Å². The Bertz CT molecular complexity index is 770. The van der Waals surface area contributed by atoms with Crippen molar-refractivity contribution in [3.05, 3.63) is 22.7 Å². The van der Waals surface area contributed by atoms with Gasteiger partial charge in [-0.25, -0.2) is 4.79 Å². The number of halogens is 2. The number of hydrogen-bond acceptors (Lipinski definition) is 5. The Morgan fingerprint density at radius 2 is 2.06 bits per heavy atom. The van der Waals surface area contributed by atoms with Crippen molar-refractivity contribution in [3.63, 3.8) is 0 Å². The van der Waals surface area contributed by atoms with Crippen molar-refractivity contribution in [1.82, 2.24) is 15.5 Å². The number of amides is 1. The monoisotopic (exact) mass is 568 g/mol. The number of ether oxygens (including phenoxy) is 3. The van der Waals surface area contributed by atoms with Crippen molar-refractivity contribution in [3.8, 4) is 11.5 Å². The van der Waals surface area contributed by atoms with Gasteiger partial charge in [0.05, 0.1) is 24.8 Å². The highest BCUT2D eigenvalue weighted by molar-refractivity contribution is 14.0.